The summed E-state index contributed by atoms with van der Waals surface area (Å²) >= 11 is 12.6. The highest BCUT2D eigenvalue weighted by Crippen LogP contribution is 2.34. The van der Waals surface area contributed by atoms with E-state index in [0.29, 0.717) is 27.7 Å². The normalized spacial score (nSPS) is 11.2. The molecule has 0 aliphatic rings. The van der Waals surface area contributed by atoms with E-state index >= 15 is 0 Å². The number of nitrogens with zero attached hydrogens (tertiary/aromatic N) is 2. The Morgan fingerprint density at radius 1 is 0.950 bits per heavy atom. The molecule has 0 spiro atoms. The van der Waals surface area contributed by atoms with E-state index < -0.39 is 16.2 Å². The van der Waals surface area contributed by atoms with Crippen molar-refractivity contribution in [2.45, 2.75) is 20.0 Å². The first kappa shape index (κ1) is 29.2. The molecule has 4 rings (SSSR count). The molecule has 1 aromatic heterocycles. The van der Waals surface area contributed by atoms with Crippen molar-refractivity contribution in [3.63, 3.8) is 0 Å². The van der Waals surface area contributed by atoms with Crippen molar-refractivity contribution in [1.29, 1.82) is 0 Å². The van der Waals surface area contributed by atoms with Crippen LogP contribution in [-0.4, -0.2) is 36.2 Å². The van der Waals surface area contributed by atoms with Gasteiger partial charge in [-0.1, -0.05) is 35.3 Å². The smallest absolute Gasteiger partial charge is 0.364 e. The number of amides is 2. The van der Waals surface area contributed by atoms with Gasteiger partial charge in [0.1, 0.15) is 5.76 Å². The molecule has 4 aromatic rings. The number of nitrogens with one attached hydrogen (secondary N) is 1. The van der Waals surface area contributed by atoms with Crippen LogP contribution in [0.5, 0.6) is 0 Å². The van der Waals surface area contributed by atoms with Crippen molar-refractivity contribution in [3.8, 4) is 0 Å². The second-order valence-electron chi connectivity index (χ2n) is 8.64. The summed E-state index contributed by atoms with van der Waals surface area (Å²) < 4.78 is 41.8. The Balaban J connectivity index is 1.78. The van der Waals surface area contributed by atoms with Crippen LogP contribution in [0.4, 0.5) is 11.4 Å². The van der Waals surface area contributed by atoms with Crippen molar-refractivity contribution in [2.24, 2.45) is 0 Å². The zero-order valence-electron chi connectivity index (χ0n) is 21.3. The molecule has 9 nitrogen and oxygen atoms in total. The summed E-state index contributed by atoms with van der Waals surface area (Å²) in [6, 6.07) is 20.0. The van der Waals surface area contributed by atoms with E-state index in [2.05, 4.69) is 5.32 Å². The molecular weight excluding hydrogens is 577 g/mol. The molecule has 40 heavy (non-hydrogen) atoms. The molecule has 12 heteroatoms. The second-order valence-corrected chi connectivity index (χ2v) is 10.7. The van der Waals surface area contributed by atoms with Gasteiger partial charge in [0.05, 0.1) is 34.8 Å². The molecule has 2 N–H and O–H groups in total. The standard InChI is InChI=1S/C28H25Cl2N3O6S/c1-2-31-27(34)19-9-12-22(13-10-19)33(40(36,37)38)26-14-11-21(29)16-20(26)17-32(18-23-6-5-15-39-23)28(35)24-7-3-4-8-25(24)30/h3-16H,2,17-18H2,1H3,(H,31,34)(H,36,37,38). The number of furan rings is 1. The Bertz CT molecular complexity index is 1610. The van der Waals surface area contributed by atoms with Crippen LogP contribution in [0, 0.1) is 0 Å². The fourth-order valence-electron chi connectivity index (χ4n) is 4.09. The highest BCUT2D eigenvalue weighted by atomic mass is 35.5. The molecule has 0 atom stereocenters. The molecule has 3 aromatic carbocycles. The van der Waals surface area contributed by atoms with Crippen LogP contribution < -0.4 is 9.62 Å². The molecule has 0 fully saturated rings. The van der Waals surface area contributed by atoms with Gasteiger partial charge in [-0.05, 0) is 79.2 Å². The molecule has 0 saturated carbocycles. The first-order valence-corrected chi connectivity index (χ1v) is 14.2. The van der Waals surface area contributed by atoms with E-state index in [1.807, 2.05) is 0 Å². The second kappa shape index (κ2) is 12.6. The third kappa shape index (κ3) is 6.83. The predicted octanol–water partition coefficient (Wildman–Crippen LogP) is 6.12. The summed E-state index contributed by atoms with van der Waals surface area (Å²) in [6.45, 7) is 2.12. The molecule has 0 bridgehead atoms. The van der Waals surface area contributed by atoms with Crippen LogP contribution in [0.25, 0.3) is 0 Å². The summed E-state index contributed by atoms with van der Waals surface area (Å²) in [7, 11) is -4.87. The van der Waals surface area contributed by atoms with Gasteiger partial charge in [-0.15, -0.1) is 0 Å². The summed E-state index contributed by atoms with van der Waals surface area (Å²) in [5.74, 6) is -0.277. The quantitative estimate of drug-likeness (QED) is 0.211. The minimum atomic E-state index is -4.87. The lowest BCUT2D eigenvalue weighted by molar-refractivity contribution is 0.0718. The van der Waals surface area contributed by atoms with Crippen LogP contribution in [-0.2, 0) is 23.4 Å². The predicted molar refractivity (Wildman–Crippen MR) is 153 cm³/mol. The van der Waals surface area contributed by atoms with Crippen LogP contribution in [0.2, 0.25) is 10.0 Å². The Hall–Kier alpha value is -3.83. The minimum absolute atomic E-state index is 0.0378. The van der Waals surface area contributed by atoms with E-state index in [9.17, 15) is 22.6 Å². The lowest BCUT2D eigenvalue weighted by Gasteiger charge is -2.28. The highest BCUT2D eigenvalue weighted by molar-refractivity contribution is 7.87. The molecule has 0 unspecified atom stereocenters. The van der Waals surface area contributed by atoms with Crippen LogP contribution in [0.1, 0.15) is 39.0 Å². The van der Waals surface area contributed by atoms with Crippen molar-refractivity contribution in [3.05, 3.63) is 118 Å². The SMILES string of the molecule is CCNC(=O)c1ccc(N(c2ccc(Cl)cc2CN(Cc2ccco2)C(=O)c2ccccc2Cl)S(=O)(=O)O)cc1. The van der Waals surface area contributed by atoms with Crippen molar-refractivity contribution in [2.75, 3.05) is 10.8 Å². The average Bonchev–Trinajstić information content (AvgIpc) is 3.42. The number of hydrogen-bond acceptors (Lipinski definition) is 5. The molecule has 0 radical (unpaired) electrons. The Kier molecular flexibility index (Phi) is 9.16. The number of hydrogen-bond donors (Lipinski definition) is 2. The van der Waals surface area contributed by atoms with Crippen LogP contribution in [0.3, 0.4) is 0 Å². The fraction of sp³-hybridized carbons (Fsp3) is 0.143. The zero-order chi connectivity index (χ0) is 28.9. The lowest BCUT2D eigenvalue weighted by atomic mass is 10.1. The minimum Gasteiger partial charge on any atom is -0.467 e. The lowest BCUT2D eigenvalue weighted by Crippen LogP contribution is -2.32. The van der Waals surface area contributed by atoms with E-state index in [1.165, 1.54) is 53.6 Å². The van der Waals surface area contributed by atoms with Crippen molar-refractivity contribution < 1.29 is 27.0 Å². The molecule has 1 heterocycles. The van der Waals surface area contributed by atoms with E-state index in [4.69, 9.17) is 27.6 Å². The maximum Gasteiger partial charge on any atom is 0.364 e. The highest BCUT2D eigenvalue weighted by Gasteiger charge is 2.28. The third-order valence-corrected chi connectivity index (χ3v) is 7.31. The van der Waals surface area contributed by atoms with Gasteiger partial charge in [-0.25, -0.2) is 4.31 Å². The number of carbonyl (C=O) groups excluding carboxylic acids is 2. The summed E-state index contributed by atoms with van der Waals surface area (Å²) in [4.78, 5) is 27.2. The van der Waals surface area contributed by atoms with Crippen LogP contribution in [0.15, 0.2) is 89.5 Å². The van der Waals surface area contributed by atoms with Gasteiger partial charge >= 0.3 is 10.3 Å². The van der Waals surface area contributed by atoms with E-state index in [-0.39, 0.29) is 46.0 Å². The first-order chi connectivity index (χ1) is 19.1. The van der Waals surface area contributed by atoms with Gasteiger partial charge in [0.25, 0.3) is 11.8 Å². The number of anilines is 2. The summed E-state index contributed by atoms with van der Waals surface area (Å²) in [5.41, 5.74) is 0.979. The molecule has 208 valence electrons. The van der Waals surface area contributed by atoms with Gasteiger partial charge in [0, 0.05) is 23.7 Å². The Morgan fingerprint density at radius 3 is 2.30 bits per heavy atom. The Morgan fingerprint density at radius 2 is 1.68 bits per heavy atom. The van der Waals surface area contributed by atoms with Gasteiger partial charge in [0.2, 0.25) is 0 Å². The number of carbonyl (C=O) groups is 2. The largest absolute Gasteiger partial charge is 0.467 e. The summed E-state index contributed by atoms with van der Waals surface area (Å²) in [5, 5.41) is 3.19. The topological polar surface area (TPSA) is 120 Å². The van der Waals surface area contributed by atoms with Gasteiger partial charge in [0.15, 0.2) is 0 Å². The molecule has 0 saturated heterocycles. The monoisotopic (exact) mass is 601 g/mol. The summed E-state index contributed by atoms with van der Waals surface area (Å²) in [6.07, 6.45) is 1.48. The van der Waals surface area contributed by atoms with Gasteiger partial charge in [-0.2, -0.15) is 8.42 Å². The number of benzene rings is 3. The molecule has 0 aliphatic carbocycles. The van der Waals surface area contributed by atoms with Crippen molar-refractivity contribution >= 4 is 56.7 Å². The van der Waals surface area contributed by atoms with Crippen molar-refractivity contribution in [1.82, 2.24) is 10.2 Å². The van der Waals surface area contributed by atoms with Crippen LogP contribution >= 0.6 is 23.2 Å². The van der Waals surface area contributed by atoms with Gasteiger partial charge < -0.3 is 14.6 Å². The molecule has 0 aliphatic heterocycles. The molecular formula is C28H25Cl2N3O6S. The van der Waals surface area contributed by atoms with Gasteiger partial charge in [-0.3, -0.25) is 14.1 Å². The Labute approximate surface area is 241 Å². The maximum absolute atomic E-state index is 13.6. The zero-order valence-corrected chi connectivity index (χ0v) is 23.6. The maximum atomic E-state index is 13.6. The third-order valence-electron chi connectivity index (χ3n) is 5.87. The fourth-order valence-corrected chi connectivity index (χ4v) is 5.31. The molecule has 2 amide bonds. The van der Waals surface area contributed by atoms with E-state index in [1.54, 1.807) is 43.3 Å². The first-order valence-electron chi connectivity index (χ1n) is 12.1. The number of rotatable bonds is 10. The number of halogens is 2. The average molecular weight is 602 g/mol. The van der Waals surface area contributed by atoms with E-state index in [0.717, 1.165) is 0 Å².